The van der Waals surface area contributed by atoms with Crippen LogP contribution in [0, 0.1) is 5.41 Å². The van der Waals surface area contributed by atoms with E-state index in [1.54, 1.807) is 0 Å². The van der Waals surface area contributed by atoms with Crippen LogP contribution in [0.1, 0.15) is 25.3 Å². The maximum absolute atomic E-state index is 11.8. The number of carbonyl (C=O) groups excluding carboxylic acids is 2. The zero-order valence-electron chi connectivity index (χ0n) is 9.94. The molecular weight excluding hydrogens is 216 g/mol. The van der Waals surface area contributed by atoms with E-state index in [-0.39, 0.29) is 18.2 Å². The molecule has 0 N–H and O–H groups in total. The quantitative estimate of drug-likeness (QED) is 0.706. The number of ketones is 2. The molecule has 1 aromatic rings. The minimum Gasteiger partial charge on any atom is -0.369 e. The van der Waals surface area contributed by atoms with Crippen LogP contribution in [0.3, 0.4) is 0 Å². The van der Waals surface area contributed by atoms with Gasteiger partial charge in [0.2, 0.25) is 0 Å². The topological polar surface area (TPSA) is 43.4 Å². The Bertz CT molecular complexity index is 418. The largest absolute Gasteiger partial charge is 0.369 e. The number of ether oxygens (including phenoxy) is 1. The van der Waals surface area contributed by atoms with Gasteiger partial charge in [0.25, 0.3) is 0 Å². The Morgan fingerprint density at radius 1 is 1.24 bits per heavy atom. The maximum atomic E-state index is 11.8. The highest BCUT2D eigenvalue weighted by Gasteiger charge is 2.53. The molecule has 0 saturated heterocycles. The van der Waals surface area contributed by atoms with Gasteiger partial charge in [0.15, 0.2) is 5.78 Å². The number of hydrogen-bond donors (Lipinski definition) is 0. The van der Waals surface area contributed by atoms with E-state index in [0.29, 0.717) is 19.4 Å². The van der Waals surface area contributed by atoms with Gasteiger partial charge in [0.05, 0.1) is 12.0 Å². The molecule has 1 aliphatic rings. The molecule has 1 aromatic carbocycles. The molecule has 0 heterocycles. The molecule has 1 aliphatic carbocycles. The van der Waals surface area contributed by atoms with Gasteiger partial charge in [-0.05, 0) is 25.3 Å². The standard InChI is InChI=1S/C14H16O3/c1-11(15)14(7-8-14)13(16)10-17-9-12-5-3-2-4-6-12/h2-6H,7-10H2,1H3. The Morgan fingerprint density at radius 3 is 2.41 bits per heavy atom. The van der Waals surface area contributed by atoms with Crippen LogP contribution >= 0.6 is 0 Å². The molecule has 0 aromatic heterocycles. The Balaban J connectivity index is 1.80. The lowest BCUT2D eigenvalue weighted by atomic mass is 9.97. The third-order valence-corrected chi connectivity index (χ3v) is 3.30. The SMILES string of the molecule is CC(=O)C1(C(=O)COCc2ccccc2)CC1. The van der Waals surface area contributed by atoms with E-state index in [1.165, 1.54) is 6.92 Å². The lowest BCUT2D eigenvalue weighted by Crippen LogP contribution is -2.27. The first-order valence-electron chi connectivity index (χ1n) is 5.81. The van der Waals surface area contributed by atoms with Crippen molar-refractivity contribution in [1.82, 2.24) is 0 Å². The summed E-state index contributed by atoms with van der Waals surface area (Å²) in [6.45, 7) is 1.94. The van der Waals surface area contributed by atoms with E-state index in [0.717, 1.165) is 5.56 Å². The van der Waals surface area contributed by atoms with Gasteiger partial charge in [0, 0.05) is 0 Å². The average molecular weight is 232 g/mol. The van der Waals surface area contributed by atoms with Gasteiger partial charge in [-0.25, -0.2) is 0 Å². The fourth-order valence-electron chi connectivity index (χ4n) is 1.93. The molecule has 17 heavy (non-hydrogen) atoms. The van der Waals surface area contributed by atoms with Crippen LogP contribution in [0.25, 0.3) is 0 Å². The molecule has 0 spiro atoms. The summed E-state index contributed by atoms with van der Waals surface area (Å²) in [7, 11) is 0. The minimum absolute atomic E-state index is 0.0224. The summed E-state index contributed by atoms with van der Waals surface area (Å²) >= 11 is 0. The van der Waals surface area contributed by atoms with E-state index in [1.807, 2.05) is 30.3 Å². The predicted molar refractivity (Wildman–Crippen MR) is 63.5 cm³/mol. The lowest BCUT2D eigenvalue weighted by Gasteiger charge is -2.10. The van der Waals surface area contributed by atoms with Gasteiger partial charge in [-0.3, -0.25) is 9.59 Å². The number of benzene rings is 1. The molecule has 0 aliphatic heterocycles. The van der Waals surface area contributed by atoms with Crippen molar-refractivity contribution in [3.63, 3.8) is 0 Å². The lowest BCUT2D eigenvalue weighted by molar-refractivity contribution is -0.136. The predicted octanol–water partition coefficient (Wildman–Crippen LogP) is 2.14. The average Bonchev–Trinajstić information content (AvgIpc) is 3.11. The number of carbonyl (C=O) groups is 2. The van der Waals surface area contributed by atoms with E-state index in [2.05, 4.69) is 0 Å². The second-order valence-corrected chi connectivity index (χ2v) is 4.54. The Hall–Kier alpha value is -1.48. The van der Waals surface area contributed by atoms with E-state index in [9.17, 15) is 9.59 Å². The first kappa shape index (κ1) is 12.0. The Labute approximate surface area is 101 Å². The minimum atomic E-state index is -0.698. The van der Waals surface area contributed by atoms with Crippen LogP contribution in [-0.2, 0) is 20.9 Å². The molecule has 2 rings (SSSR count). The van der Waals surface area contributed by atoms with Gasteiger partial charge >= 0.3 is 0 Å². The summed E-state index contributed by atoms with van der Waals surface area (Å²) in [5, 5.41) is 0. The zero-order chi connectivity index (χ0) is 12.3. The summed E-state index contributed by atoms with van der Waals surface area (Å²) in [6.07, 6.45) is 1.38. The van der Waals surface area contributed by atoms with Crippen LogP contribution in [0.15, 0.2) is 30.3 Å². The molecule has 90 valence electrons. The number of hydrogen-bond acceptors (Lipinski definition) is 3. The third-order valence-electron chi connectivity index (χ3n) is 3.30. The van der Waals surface area contributed by atoms with Crippen molar-refractivity contribution in [2.45, 2.75) is 26.4 Å². The molecule has 0 bridgehead atoms. The van der Waals surface area contributed by atoms with Gasteiger partial charge in [-0.2, -0.15) is 0 Å². The van der Waals surface area contributed by atoms with Crippen LogP contribution in [0.2, 0.25) is 0 Å². The van der Waals surface area contributed by atoms with E-state index in [4.69, 9.17) is 4.74 Å². The molecule has 0 amide bonds. The van der Waals surface area contributed by atoms with Gasteiger partial charge in [0.1, 0.15) is 12.4 Å². The van der Waals surface area contributed by atoms with Crippen molar-refractivity contribution in [2.75, 3.05) is 6.61 Å². The fraction of sp³-hybridized carbons (Fsp3) is 0.429. The van der Waals surface area contributed by atoms with Gasteiger partial charge < -0.3 is 4.74 Å². The fourth-order valence-corrected chi connectivity index (χ4v) is 1.93. The second kappa shape index (κ2) is 4.80. The highest BCUT2D eigenvalue weighted by molar-refractivity contribution is 6.09. The van der Waals surface area contributed by atoms with Crippen molar-refractivity contribution in [3.8, 4) is 0 Å². The molecule has 0 atom stereocenters. The summed E-state index contributed by atoms with van der Waals surface area (Å²) in [5.74, 6) is -0.0910. The van der Waals surface area contributed by atoms with Crippen LogP contribution in [-0.4, -0.2) is 18.2 Å². The Morgan fingerprint density at radius 2 is 1.88 bits per heavy atom. The molecule has 0 unspecified atom stereocenters. The normalized spacial score (nSPS) is 16.5. The number of rotatable bonds is 6. The molecule has 3 nitrogen and oxygen atoms in total. The van der Waals surface area contributed by atoms with Crippen molar-refractivity contribution in [1.29, 1.82) is 0 Å². The first-order valence-corrected chi connectivity index (χ1v) is 5.81. The molecule has 1 saturated carbocycles. The van der Waals surface area contributed by atoms with E-state index >= 15 is 0 Å². The summed E-state index contributed by atoms with van der Waals surface area (Å²) in [6, 6.07) is 9.69. The van der Waals surface area contributed by atoms with E-state index < -0.39 is 5.41 Å². The monoisotopic (exact) mass is 232 g/mol. The van der Waals surface area contributed by atoms with Crippen LogP contribution in [0.4, 0.5) is 0 Å². The highest BCUT2D eigenvalue weighted by atomic mass is 16.5. The van der Waals surface area contributed by atoms with Crippen LogP contribution < -0.4 is 0 Å². The smallest absolute Gasteiger partial charge is 0.171 e. The van der Waals surface area contributed by atoms with Crippen molar-refractivity contribution >= 4 is 11.6 Å². The van der Waals surface area contributed by atoms with Crippen LogP contribution in [0.5, 0.6) is 0 Å². The summed E-state index contributed by atoms with van der Waals surface area (Å²) in [4.78, 5) is 23.1. The highest BCUT2D eigenvalue weighted by Crippen LogP contribution is 2.47. The van der Waals surface area contributed by atoms with Crippen molar-refractivity contribution in [3.05, 3.63) is 35.9 Å². The molecule has 3 heteroatoms. The summed E-state index contributed by atoms with van der Waals surface area (Å²) < 4.78 is 5.36. The first-order chi connectivity index (χ1) is 8.15. The maximum Gasteiger partial charge on any atom is 0.171 e. The molecular formula is C14H16O3. The summed E-state index contributed by atoms with van der Waals surface area (Å²) in [5.41, 5.74) is 0.337. The third kappa shape index (κ3) is 2.61. The number of Topliss-reactive ketones (excluding diaryl/α,β-unsaturated/α-hetero) is 2. The van der Waals surface area contributed by atoms with Gasteiger partial charge in [-0.1, -0.05) is 30.3 Å². The zero-order valence-corrected chi connectivity index (χ0v) is 9.94. The van der Waals surface area contributed by atoms with Crippen molar-refractivity contribution in [2.24, 2.45) is 5.41 Å². The molecule has 0 radical (unpaired) electrons. The molecule has 1 fully saturated rings. The Kier molecular flexibility index (Phi) is 3.38. The van der Waals surface area contributed by atoms with Gasteiger partial charge in [-0.15, -0.1) is 0 Å². The second-order valence-electron chi connectivity index (χ2n) is 4.54. The van der Waals surface area contributed by atoms with Crippen molar-refractivity contribution < 1.29 is 14.3 Å².